The second kappa shape index (κ2) is 17.6. The van der Waals surface area contributed by atoms with Gasteiger partial charge in [-0.05, 0) is 80.9 Å². The average molecular weight is 885 g/mol. The van der Waals surface area contributed by atoms with Crippen molar-refractivity contribution in [1.29, 1.82) is 0 Å². The number of hydrogen-bond acceptors (Lipinski definition) is 5. The molecule has 0 amide bonds. The lowest BCUT2D eigenvalue weighted by Gasteiger charge is -2.34. The molecule has 2 heterocycles. The molecule has 5 heteroatoms. The summed E-state index contributed by atoms with van der Waals surface area (Å²) in [5.41, 5.74) is 14.9. The van der Waals surface area contributed by atoms with E-state index < -0.39 is 5.41 Å². The van der Waals surface area contributed by atoms with Crippen LogP contribution in [0, 0.1) is 0 Å². The molecular weight excluding hydrogens is 841 g/mol. The van der Waals surface area contributed by atoms with Gasteiger partial charge in [0.2, 0.25) is 0 Å². The quantitative estimate of drug-likeness (QED) is 0.137. The van der Waals surface area contributed by atoms with Crippen LogP contribution in [0.4, 0.5) is 11.4 Å². The maximum absolute atomic E-state index is 6.79. The molecule has 0 atom stereocenters. The smallest absolute Gasteiger partial charge is 0.164 e. The molecule has 2 aromatic heterocycles. The van der Waals surface area contributed by atoms with Crippen LogP contribution in [0.2, 0.25) is 0 Å². The predicted octanol–water partition coefficient (Wildman–Crippen LogP) is 14.2. The second-order valence-corrected chi connectivity index (χ2v) is 17.2. The maximum Gasteiger partial charge on any atom is 0.164 e. The van der Waals surface area contributed by atoms with Gasteiger partial charge in [-0.3, -0.25) is 0 Å². The van der Waals surface area contributed by atoms with Crippen LogP contribution in [-0.2, 0) is 5.41 Å². The van der Waals surface area contributed by atoms with E-state index in [1.807, 2.05) is 78.9 Å². The van der Waals surface area contributed by atoms with Crippen LogP contribution >= 0.6 is 0 Å². The molecule has 0 saturated carbocycles. The fourth-order valence-electron chi connectivity index (χ4n) is 10.1. The molecule has 1 aliphatic carbocycles. The van der Waals surface area contributed by atoms with Gasteiger partial charge < -0.3 is 9.32 Å². The highest BCUT2D eigenvalue weighted by Crippen LogP contribution is 2.57. The van der Waals surface area contributed by atoms with E-state index in [4.69, 9.17) is 19.4 Å². The molecule has 0 fully saturated rings. The van der Waals surface area contributed by atoms with E-state index >= 15 is 0 Å². The molecule has 0 N–H and O–H groups in total. The number of furan rings is 1. The minimum absolute atomic E-state index is 0.540. The van der Waals surface area contributed by atoms with Gasteiger partial charge in [0.1, 0.15) is 11.0 Å². The molecule has 0 radical (unpaired) electrons. The predicted molar refractivity (Wildman–Crippen MR) is 282 cm³/mol. The van der Waals surface area contributed by atoms with Gasteiger partial charge in [-0.15, -0.1) is 0 Å². The van der Waals surface area contributed by atoms with E-state index in [1.165, 1.54) is 33.4 Å². The third-order valence-corrected chi connectivity index (χ3v) is 13.2. The van der Waals surface area contributed by atoms with Crippen molar-refractivity contribution in [3.8, 4) is 56.4 Å². The Morgan fingerprint density at radius 2 is 0.913 bits per heavy atom. The second-order valence-electron chi connectivity index (χ2n) is 17.2. The zero-order chi connectivity index (χ0) is 46.2. The van der Waals surface area contributed by atoms with Crippen LogP contribution in [0.25, 0.3) is 79.7 Å². The Bertz CT molecular complexity index is 3680. The van der Waals surface area contributed by atoms with E-state index in [9.17, 15) is 0 Å². The Hall–Kier alpha value is -9.19. The minimum atomic E-state index is -0.587. The van der Waals surface area contributed by atoms with Crippen molar-refractivity contribution < 1.29 is 4.42 Å². The lowest BCUT2D eigenvalue weighted by molar-refractivity contribution is 0.575. The molecule has 326 valence electrons. The van der Waals surface area contributed by atoms with Crippen molar-refractivity contribution in [2.24, 2.45) is 0 Å². The SMILES string of the molecule is C=C/C=c1/oc2cccc(-c3nc(-c4ccccc4)nc(-c4ccccc4)n3)c2/c1=C/N(c1ccc(-c2ccccc2)cc1)c1ccc2c(c1)C(c1ccccc1)(c1ccccc1)c1ccccc1-2. The molecule has 0 spiro atoms. The lowest BCUT2D eigenvalue weighted by atomic mass is 9.67. The van der Waals surface area contributed by atoms with Crippen molar-refractivity contribution in [3.63, 3.8) is 0 Å². The van der Waals surface area contributed by atoms with E-state index in [-0.39, 0.29) is 0 Å². The number of rotatable bonds is 10. The lowest BCUT2D eigenvalue weighted by Crippen LogP contribution is -2.29. The minimum Gasteiger partial charge on any atom is -0.456 e. The summed E-state index contributed by atoms with van der Waals surface area (Å²) in [7, 11) is 0. The number of nitrogens with zero attached hydrogens (tertiary/aromatic N) is 4. The first-order valence-corrected chi connectivity index (χ1v) is 23.2. The summed E-state index contributed by atoms with van der Waals surface area (Å²) in [6.07, 6.45) is 5.91. The van der Waals surface area contributed by atoms with E-state index in [0.29, 0.717) is 28.5 Å². The van der Waals surface area contributed by atoms with Crippen molar-refractivity contribution in [3.05, 3.63) is 282 Å². The van der Waals surface area contributed by atoms with Gasteiger partial charge in [0.25, 0.3) is 0 Å². The normalized spacial score (nSPS) is 13.0. The highest BCUT2D eigenvalue weighted by Gasteiger charge is 2.46. The van der Waals surface area contributed by atoms with Crippen LogP contribution in [-0.4, -0.2) is 15.0 Å². The first kappa shape index (κ1) is 41.3. The van der Waals surface area contributed by atoms with Gasteiger partial charge in [0, 0.05) is 44.9 Å². The van der Waals surface area contributed by atoms with Crippen molar-refractivity contribution in [1.82, 2.24) is 15.0 Å². The number of allylic oxidation sites excluding steroid dienone is 1. The molecule has 11 aromatic rings. The first-order chi connectivity index (χ1) is 34.2. The van der Waals surface area contributed by atoms with E-state index in [0.717, 1.165) is 49.8 Å². The zero-order valence-corrected chi connectivity index (χ0v) is 37.7. The summed E-state index contributed by atoms with van der Waals surface area (Å²) >= 11 is 0. The fraction of sp³-hybridized carbons (Fsp3) is 0.0156. The van der Waals surface area contributed by atoms with Gasteiger partial charge in [-0.2, -0.15) is 0 Å². The van der Waals surface area contributed by atoms with E-state index in [2.05, 4.69) is 181 Å². The number of anilines is 2. The summed E-state index contributed by atoms with van der Waals surface area (Å²) in [6.45, 7) is 4.13. The zero-order valence-electron chi connectivity index (χ0n) is 37.7. The third-order valence-electron chi connectivity index (χ3n) is 13.2. The molecule has 0 aliphatic heterocycles. The molecule has 1 aliphatic rings. The van der Waals surface area contributed by atoms with Crippen molar-refractivity contribution in [2.45, 2.75) is 5.41 Å². The number of benzene rings is 9. The highest BCUT2D eigenvalue weighted by molar-refractivity contribution is 5.95. The van der Waals surface area contributed by atoms with Crippen molar-refractivity contribution in [2.75, 3.05) is 4.90 Å². The highest BCUT2D eigenvalue weighted by atomic mass is 16.3. The Morgan fingerprint density at radius 1 is 0.420 bits per heavy atom. The van der Waals surface area contributed by atoms with Crippen LogP contribution in [0.5, 0.6) is 0 Å². The Labute approximate surface area is 401 Å². The fourth-order valence-corrected chi connectivity index (χ4v) is 10.1. The molecule has 0 bridgehead atoms. The topological polar surface area (TPSA) is 55.1 Å². The van der Waals surface area contributed by atoms with Crippen LogP contribution in [0.15, 0.2) is 254 Å². The largest absolute Gasteiger partial charge is 0.456 e. The molecule has 0 unspecified atom stereocenters. The number of aromatic nitrogens is 3. The molecule has 5 nitrogen and oxygen atoms in total. The molecule has 12 rings (SSSR count). The summed E-state index contributed by atoms with van der Waals surface area (Å²) in [6, 6.07) is 83.2. The number of fused-ring (bicyclic) bond motifs is 4. The summed E-state index contributed by atoms with van der Waals surface area (Å²) < 4.78 is 6.79. The Morgan fingerprint density at radius 3 is 1.52 bits per heavy atom. The Balaban J connectivity index is 1.13. The molecule has 9 aromatic carbocycles. The van der Waals surface area contributed by atoms with Gasteiger partial charge in [-0.1, -0.05) is 219 Å². The summed E-state index contributed by atoms with van der Waals surface area (Å²) in [5, 5.41) is 1.73. The summed E-state index contributed by atoms with van der Waals surface area (Å²) in [5.74, 6) is 1.71. The van der Waals surface area contributed by atoms with Gasteiger partial charge in [0.05, 0.1) is 5.41 Å². The van der Waals surface area contributed by atoms with Crippen molar-refractivity contribution >= 4 is 34.6 Å². The third kappa shape index (κ3) is 7.25. The van der Waals surface area contributed by atoms with Gasteiger partial charge in [0.15, 0.2) is 17.5 Å². The average Bonchev–Trinajstić information content (AvgIpc) is 3.93. The van der Waals surface area contributed by atoms with Gasteiger partial charge >= 0.3 is 0 Å². The Kier molecular flexibility index (Phi) is 10.5. The molecule has 0 saturated heterocycles. The van der Waals surface area contributed by atoms with Crippen LogP contribution < -0.4 is 15.5 Å². The van der Waals surface area contributed by atoms with Gasteiger partial charge in [-0.25, -0.2) is 15.0 Å². The van der Waals surface area contributed by atoms with Crippen LogP contribution in [0.1, 0.15) is 22.3 Å². The van der Waals surface area contributed by atoms with E-state index in [1.54, 1.807) is 6.08 Å². The number of hydrogen-bond donors (Lipinski definition) is 0. The molecular formula is C64H44N4O. The first-order valence-electron chi connectivity index (χ1n) is 23.2. The van der Waals surface area contributed by atoms with Crippen LogP contribution in [0.3, 0.4) is 0 Å². The molecule has 69 heavy (non-hydrogen) atoms. The summed E-state index contributed by atoms with van der Waals surface area (Å²) in [4.78, 5) is 17.7. The maximum atomic E-state index is 6.79. The standard InChI is InChI=1S/C64H44N4O/c1-2-21-58-55(60-54(33-20-35-59(60)69-58)63-66-61(46-24-10-4-11-25-46)65-62(67-63)47-26-12-5-13-27-47)43-68(50-38-36-45(37-39-50)44-22-8-3-9-23-44)51-40-41-53-52-32-18-19-34-56(52)64(57(53)42-51,48-28-14-6-15-29-48)49-30-16-7-17-31-49/h2-43H,1H2/b55-43+,58-21+. The monoisotopic (exact) mass is 884 g/mol.